The van der Waals surface area contributed by atoms with Crippen molar-refractivity contribution in [2.45, 2.75) is 0 Å². The lowest BCUT2D eigenvalue weighted by atomic mass is 9.94. The highest BCUT2D eigenvalue weighted by Gasteiger charge is 2.19. The van der Waals surface area contributed by atoms with Crippen LogP contribution in [0.1, 0.15) is 0 Å². The zero-order valence-electron chi connectivity index (χ0n) is 30.8. The first kappa shape index (κ1) is 32.7. The van der Waals surface area contributed by atoms with Gasteiger partial charge in [0, 0.05) is 27.5 Å². The van der Waals surface area contributed by atoms with Crippen molar-refractivity contribution in [3.63, 3.8) is 0 Å². The van der Waals surface area contributed by atoms with Crippen LogP contribution in [-0.4, -0.2) is 15.0 Å². The van der Waals surface area contributed by atoms with E-state index < -0.39 is 0 Å². The van der Waals surface area contributed by atoms with Crippen LogP contribution in [0.5, 0.6) is 0 Å². The number of rotatable bonds is 6. The third-order valence-electron chi connectivity index (χ3n) is 10.9. The summed E-state index contributed by atoms with van der Waals surface area (Å²) in [5.74, 6) is 1.82. The number of nitrogens with zero attached hydrogens (tertiary/aromatic N) is 3. The van der Waals surface area contributed by atoms with Crippen LogP contribution >= 0.6 is 0 Å². The molecule has 4 nitrogen and oxygen atoms in total. The fraction of sp³-hybridized carbons (Fsp3) is 0. The van der Waals surface area contributed by atoms with Crippen LogP contribution in [0.3, 0.4) is 0 Å². The first-order valence-electron chi connectivity index (χ1n) is 19.2. The van der Waals surface area contributed by atoms with Gasteiger partial charge in [0.25, 0.3) is 0 Å². The van der Waals surface area contributed by atoms with E-state index in [0.717, 1.165) is 60.9 Å². The Morgan fingerprint density at radius 2 is 0.772 bits per heavy atom. The van der Waals surface area contributed by atoms with Crippen LogP contribution in [0.15, 0.2) is 205 Å². The van der Waals surface area contributed by atoms with Crippen molar-refractivity contribution in [1.29, 1.82) is 0 Å². The van der Waals surface area contributed by atoms with Crippen molar-refractivity contribution in [3.05, 3.63) is 200 Å². The Labute approximate surface area is 329 Å². The molecule has 0 aliphatic heterocycles. The molecule has 0 atom stereocenters. The predicted molar refractivity (Wildman–Crippen MR) is 235 cm³/mol. The molecule has 0 N–H and O–H groups in total. The zero-order valence-corrected chi connectivity index (χ0v) is 30.8. The van der Waals surface area contributed by atoms with Gasteiger partial charge in [-0.1, -0.05) is 170 Å². The molecule has 2 heterocycles. The molecule has 0 saturated heterocycles. The van der Waals surface area contributed by atoms with Crippen molar-refractivity contribution < 1.29 is 4.42 Å². The average molecular weight is 728 g/mol. The van der Waals surface area contributed by atoms with Crippen molar-refractivity contribution in [2.24, 2.45) is 0 Å². The van der Waals surface area contributed by atoms with Gasteiger partial charge >= 0.3 is 0 Å². The Balaban J connectivity index is 1.03. The lowest BCUT2D eigenvalue weighted by Crippen LogP contribution is -2.00. The molecule has 0 saturated carbocycles. The minimum Gasteiger partial charge on any atom is -0.456 e. The minimum absolute atomic E-state index is 0.593. The molecule has 2 aromatic heterocycles. The van der Waals surface area contributed by atoms with E-state index in [1.165, 1.54) is 32.7 Å². The number of hydrogen-bond donors (Lipinski definition) is 0. The van der Waals surface area contributed by atoms with Crippen molar-refractivity contribution in [1.82, 2.24) is 15.0 Å². The van der Waals surface area contributed by atoms with E-state index in [1.807, 2.05) is 48.5 Å². The van der Waals surface area contributed by atoms with Gasteiger partial charge in [-0.05, 0) is 85.3 Å². The third kappa shape index (κ3) is 5.92. The second kappa shape index (κ2) is 13.6. The Hall–Kier alpha value is -7.69. The maximum absolute atomic E-state index is 6.49. The molecule has 0 unspecified atom stereocenters. The number of benzene rings is 9. The first-order chi connectivity index (χ1) is 28.2. The summed E-state index contributed by atoms with van der Waals surface area (Å²) < 4.78 is 6.49. The van der Waals surface area contributed by atoms with Gasteiger partial charge in [0.05, 0.1) is 0 Å². The van der Waals surface area contributed by atoms with Gasteiger partial charge in [-0.25, -0.2) is 15.0 Å². The Kier molecular flexibility index (Phi) is 7.78. The van der Waals surface area contributed by atoms with Gasteiger partial charge in [-0.2, -0.15) is 0 Å². The summed E-state index contributed by atoms with van der Waals surface area (Å²) in [6.07, 6.45) is 0. The normalized spacial score (nSPS) is 11.5. The van der Waals surface area contributed by atoms with E-state index in [1.54, 1.807) is 0 Å². The van der Waals surface area contributed by atoms with Crippen LogP contribution in [0.25, 0.3) is 111 Å². The van der Waals surface area contributed by atoms with E-state index in [-0.39, 0.29) is 0 Å². The maximum Gasteiger partial charge on any atom is 0.164 e. The number of fused-ring (bicyclic) bond motifs is 6. The van der Waals surface area contributed by atoms with Gasteiger partial charge in [0.1, 0.15) is 11.2 Å². The third-order valence-corrected chi connectivity index (χ3v) is 10.9. The van der Waals surface area contributed by atoms with Crippen molar-refractivity contribution >= 4 is 43.5 Å². The average Bonchev–Trinajstić information content (AvgIpc) is 3.68. The predicted octanol–water partition coefficient (Wildman–Crippen LogP) is 14.1. The van der Waals surface area contributed by atoms with Gasteiger partial charge in [-0.3, -0.25) is 0 Å². The summed E-state index contributed by atoms with van der Waals surface area (Å²) in [6.45, 7) is 0. The fourth-order valence-electron chi connectivity index (χ4n) is 8.04. The lowest BCUT2D eigenvalue weighted by molar-refractivity contribution is 0.669. The summed E-state index contributed by atoms with van der Waals surface area (Å²) in [5, 5.41) is 7.00. The van der Waals surface area contributed by atoms with Gasteiger partial charge in [-0.15, -0.1) is 0 Å². The molecule has 0 radical (unpaired) electrons. The van der Waals surface area contributed by atoms with Gasteiger partial charge in [0.15, 0.2) is 17.5 Å². The van der Waals surface area contributed by atoms with E-state index in [9.17, 15) is 0 Å². The van der Waals surface area contributed by atoms with Crippen LogP contribution in [0.2, 0.25) is 0 Å². The Morgan fingerprint density at radius 1 is 0.281 bits per heavy atom. The van der Waals surface area contributed by atoms with E-state index >= 15 is 0 Å². The molecule has 0 bridgehead atoms. The molecule has 0 fully saturated rings. The molecule has 0 amide bonds. The molecule has 11 aromatic rings. The summed E-state index contributed by atoms with van der Waals surface area (Å²) in [7, 11) is 0. The van der Waals surface area contributed by atoms with E-state index in [4.69, 9.17) is 19.4 Å². The van der Waals surface area contributed by atoms with Gasteiger partial charge < -0.3 is 4.42 Å². The molecule has 11 rings (SSSR count). The topological polar surface area (TPSA) is 51.8 Å². The Bertz CT molecular complexity index is 3280. The molecular weight excluding hydrogens is 695 g/mol. The van der Waals surface area contributed by atoms with Crippen molar-refractivity contribution in [3.8, 4) is 67.5 Å². The summed E-state index contributed by atoms with van der Waals surface area (Å²) in [4.78, 5) is 15.2. The molecular formula is C53H33N3O. The lowest BCUT2D eigenvalue weighted by Gasteiger charge is -2.10. The smallest absolute Gasteiger partial charge is 0.164 e. The molecule has 4 heteroatoms. The quantitative estimate of drug-likeness (QED) is 0.160. The summed E-state index contributed by atoms with van der Waals surface area (Å²) >= 11 is 0. The zero-order chi connectivity index (χ0) is 37.7. The number of furan rings is 1. The summed E-state index contributed by atoms with van der Waals surface area (Å²) in [5.41, 5.74) is 11.2. The fourth-order valence-corrected chi connectivity index (χ4v) is 8.04. The van der Waals surface area contributed by atoms with Crippen molar-refractivity contribution in [2.75, 3.05) is 0 Å². The summed E-state index contributed by atoms with van der Waals surface area (Å²) in [6, 6.07) is 70.0. The highest BCUT2D eigenvalue weighted by atomic mass is 16.3. The van der Waals surface area contributed by atoms with Crippen LogP contribution in [0.4, 0.5) is 0 Å². The second-order valence-electron chi connectivity index (χ2n) is 14.4. The maximum atomic E-state index is 6.49. The molecule has 57 heavy (non-hydrogen) atoms. The minimum atomic E-state index is 0.593. The molecule has 9 aromatic carbocycles. The number of hydrogen-bond acceptors (Lipinski definition) is 4. The van der Waals surface area contributed by atoms with Crippen LogP contribution in [-0.2, 0) is 0 Å². The van der Waals surface area contributed by atoms with E-state index in [0.29, 0.717) is 17.5 Å². The molecule has 0 aliphatic rings. The monoisotopic (exact) mass is 727 g/mol. The standard InChI is InChI=1S/C53H33N3O/c1-3-11-34(12-4-1)35-21-26-39(27-22-35)52-54-51(38-14-5-2-6-15-38)55-53(56-52)45-19-10-20-49-50(45)47-33-43(29-30-48(47)57-49)41-17-9-16-40(31-41)42-28-25-37-24-23-36-13-7-8-18-44(36)46(37)32-42/h1-33H. The van der Waals surface area contributed by atoms with Crippen LogP contribution < -0.4 is 0 Å². The number of aromatic nitrogens is 3. The SMILES string of the molecule is c1ccc(-c2ccc(-c3nc(-c4ccccc4)nc(-c4cccc5oc6ccc(-c7cccc(-c8ccc9ccc%10ccccc%10c9c8)c7)cc6c45)n3)cc2)cc1. The highest BCUT2D eigenvalue weighted by molar-refractivity contribution is 6.13. The largest absolute Gasteiger partial charge is 0.456 e. The second-order valence-corrected chi connectivity index (χ2v) is 14.4. The van der Waals surface area contributed by atoms with E-state index in [2.05, 4.69) is 152 Å². The molecule has 0 spiro atoms. The van der Waals surface area contributed by atoms with Gasteiger partial charge in [0.2, 0.25) is 0 Å². The highest BCUT2D eigenvalue weighted by Crippen LogP contribution is 2.39. The molecule has 266 valence electrons. The van der Waals surface area contributed by atoms with Crippen LogP contribution in [0, 0.1) is 0 Å². The molecule has 0 aliphatic carbocycles. The first-order valence-corrected chi connectivity index (χ1v) is 19.2. The Morgan fingerprint density at radius 3 is 1.53 bits per heavy atom.